The second-order valence-corrected chi connectivity index (χ2v) is 8.37. The van der Waals surface area contributed by atoms with Crippen LogP contribution in [0, 0.1) is 0 Å². The van der Waals surface area contributed by atoms with E-state index in [4.69, 9.17) is 20.2 Å². The van der Waals surface area contributed by atoms with E-state index in [1.165, 1.54) is 11.1 Å². The second kappa shape index (κ2) is 9.49. The molecular formula is C27H27N5O2. The lowest BCUT2D eigenvalue weighted by atomic mass is 10.1. The molecule has 0 saturated carbocycles. The minimum Gasteiger partial charge on any atom is -0.493 e. The number of hydrogen-bond donors (Lipinski definition) is 1. The lowest BCUT2D eigenvalue weighted by Gasteiger charge is -2.28. The van der Waals surface area contributed by atoms with Gasteiger partial charge in [0.2, 0.25) is 0 Å². The van der Waals surface area contributed by atoms with E-state index >= 15 is 0 Å². The van der Waals surface area contributed by atoms with E-state index in [0.29, 0.717) is 11.5 Å². The molecule has 0 bridgehead atoms. The van der Waals surface area contributed by atoms with Gasteiger partial charge in [0.1, 0.15) is 0 Å². The van der Waals surface area contributed by atoms with Gasteiger partial charge in [0, 0.05) is 60.8 Å². The molecule has 4 aromatic rings. The van der Waals surface area contributed by atoms with Crippen LogP contribution in [0.5, 0.6) is 11.5 Å². The summed E-state index contributed by atoms with van der Waals surface area (Å²) in [6.45, 7) is 2.61. The van der Waals surface area contributed by atoms with Crippen LogP contribution in [0.15, 0.2) is 67.0 Å². The first-order valence-corrected chi connectivity index (χ1v) is 11.2. The summed E-state index contributed by atoms with van der Waals surface area (Å²) in [5, 5.41) is 0. The third-order valence-corrected chi connectivity index (χ3v) is 6.09. The molecule has 0 atom stereocenters. The summed E-state index contributed by atoms with van der Waals surface area (Å²) in [5.41, 5.74) is 12.9. The van der Waals surface area contributed by atoms with E-state index in [2.05, 4.69) is 27.0 Å². The third-order valence-electron chi connectivity index (χ3n) is 6.09. The first kappa shape index (κ1) is 21.9. The summed E-state index contributed by atoms with van der Waals surface area (Å²) in [6.07, 6.45) is 4.80. The number of fused-ring (bicyclic) bond motifs is 1. The van der Waals surface area contributed by atoms with Crippen molar-refractivity contribution in [1.29, 1.82) is 0 Å². The van der Waals surface area contributed by atoms with Crippen molar-refractivity contribution in [1.82, 2.24) is 19.9 Å². The van der Waals surface area contributed by atoms with E-state index in [0.717, 1.165) is 60.1 Å². The minimum atomic E-state index is 0.694. The van der Waals surface area contributed by atoms with Crippen LogP contribution in [-0.4, -0.2) is 40.6 Å². The number of pyridine rings is 1. The maximum Gasteiger partial charge on any atom is 0.161 e. The SMILES string of the molecule is COc1ccc(-c2ccc(CN3CCc4nc(-c5ccc(N)cc5)ncc4C3)cn2)cc1OC. The van der Waals surface area contributed by atoms with Crippen LogP contribution >= 0.6 is 0 Å². The van der Waals surface area contributed by atoms with Crippen molar-refractivity contribution in [3.8, 4) is 34.1 Å². The lowest BCUT2D eigenvalue weighted by Crippen LogP contribution is -2.31. The molecule has 172 valence electrons. The zero-order valence-electron chi connectivity index (χ0n) is 19.4. The number of aromatic nitrogens is 3. The topological polar surface area (TPSA) is 86.4 Å². The summed E-state index contributed by atoms with van der Waals surface area (Å²) in [7, 11) is 3.27. The molecule has 0 spiro atoms. The molecule has 0 radical (unpaired) electrons. The molecule has 7 heteroatoms. The highest BCUT2D eigenvalue weighted by Gasteiger charge is 2.19. The molecule has 1 aliphatic rings. The summed E-state index contributed by atoms with van der Waals surface area (Å²) in [4.78, 5) is 16.5. The molecule has 2 aromatic carbocycles. The van der Waals surface area contributed by atoms with Gasteiger partial charge in [-0.15, -0.1) is 0 Å². The monoisotopic (exact) mass is 453 g/mol. The van der Waals surface area contributed by atoms with Gasteiger partial charge in [-0.2, -0.15) is 0 Å². The number of anilines is 1. The largest absolute Gasteiger partial charge is 0.493 e. The molecular weight excluding hydrogens is 426 g/mol. The summed E-state index contributed by atoms with van der Waals surface area (Å²) >= 11 is 0. The lowest BCUT2D eigenvalue weighted by molar-refractivity contribution is 0.242. The van der Waals surface area contributed by atoms with Gasteiger partial charge in [0.05, 0.1) is 25.6 Å². The van der Waals surface area contributed by atoms with Gasteiger partial charge in [-0.3, -0.25) is 9.88 Å². The zero-order chi connectivity index (χ0) is 23.5. The Balaban J connectivity index is 1.26. The fraction of sp³-hybridized carbons (Fsp3) is 0.222. The molecule has 3 heterocycles. The van der Waals surface area contributed by atoms with Crippen LogP contribution in [0.1, 0.15) is 16.8 Å². The standard InChI is InChI=1S/C27H27N5O2/c1-33-25-10-6-20(13-26(25)34-2)23-9-3-18(14-29-23)16-32-12-11-24-21(17-32)15-30-27(31-24)19-4-7-22(28)8-5-19/h3-10,13-15H,11-12,16-17,28H2,1-2H3. The fourth-order valence-electron chi connectivity index (χ4n) is 4.22. The first-order chi connectivity index (χ1) is 16.6. The van der Waals surface area contributed by atoms with Gasteiger partial charge in [0.15, 0.2) is 17.3 Å². The molecule has 2 aromatic heterocycles. The molecule has 0 aliphatic carbocycles. The highest BCUT2D eigenvalue weighted by molar-refractivity contribution is 5.64. The van der Waals surface area contributed by atoms with Crippen LogP contribution in [0.25, 0.3) is 22.6 Å². The fourth-order valence-corrected chi connectivity index (χ4v) is 4.22. The van der Waals surface area contributed by atoms with Crippen LogP contribution in [0.3, 0.4) is 0 Å². The number of nitrogens with two attached hydrogens (primary N) is 1. The number of nitrogens with zero attached hydrogens (tertiary/aromatic N) is 4. The van der Waals surface area contributed by atoms with Gasteiger partial charge in [-0.1, -0.05) is 6.07 Å². The Kier molecular flexibility index (Phi) is 6.10. The van der Waals surface area contributed by atoms with E-state index in [1.807, 2.05) is 54.9 Å². The van der Waals surface area contributed by atoms with Crippen molar-refractivity contribution < 1.29 is 9.47 Å². The average molecular weight is 454 g/mol. The number of ether oxygens (including phenoxy) is 2. The Morgan fingerprint density at radius 2 is 1.68 bits per heavy atom. The predicted molar refractivity (Wildman–Crippen MR) is 132 cm³/mol. The Hall–Kier alpha value is -3.97. The Bertz CT molecular complexity index is 1290. The highest BCUT2D eigenvalue weighted by atomic mass is 16.5. The van der Waals surface area contributed by atoms with Crippen molar-refractivity contribution in [3.05, 3.63) is 83.8 Å². The number of nitrogen functional groups attached to an aromatic ring is 1. The quantitative estimate of drug-likeness (QED) is 0.434. The average Bonchev–Trinajstić information content (AvgIpc) is 2.89. The van der Waals surface area contributed by atoms with Gasteiger partial charge >= 0.3 is 0 Å². The molecule has 0 unspecified atom stereocenters. The zero-order valence-corrected chi connectivity index (χ0v) is 19.4. The molecule has 34 heavy (non-hydrogen) atoms. The van der Waals surface area contributed by atoms with E-state index in [9.17, 15) is 0 Å². The smallest absolute Gasteiger partial charge is 0.161 e. The first-order valence-electron chi connectivity index (χ1n) is 11.2. The van der Waals surface area contributed by atoms with E-state index in [1.54, 1.807) is 14.2 Å². The van der Waals surface area contributed by atoms with E-state index in [-0.39, 0.29) is 0 Å². The number of rotatable bonds is 6. The van der Waals surface area contributed by atoms with Crippen molar-refractivity contribution in [2.24, 2.45) is 0 Å². The maximum atomic E-state index is 5.79. The normalized spacial score (nSPS) is 13.4. The van der Waals surface area contributed by atoms with Gasteiger partial charge in [0.25, 0.3) is 0 Å². The third kappa shape index (κ3) is 4.56. The molecule has 5 rings (SSSR count). The minimum absolute atomic E-state index is 0.694. The molecule has 1 aliphatic heterocycles. The second-order valence-electron chi connectivity index (χ2n) is 8.37. The predicted octanol–water partition coefficient (Wildman–Crippen LogP) is 4.36. The van der Waals surface area contributed by atoms with Crippen molar-refractivity contribution in [2.75, 3.05) is 26.5 Å². The highest BCUT2D eigenvalue weighted by Crippen LogP contribution is 2.31. The molecule has 2 N–H and O–H groups in total. The summed E-state index contributed by atoms with van der Waals surface area (Å²) in [5.74, 6) is 2.15. The van der Waals surface area contributed by atoms with Crippen LogP contribution in [0.2, 0.25) is 0 Å². The Morgan fingerprint density at radius 1 is 0.882 bits per heavy atom. The maximum absolute atomic E-state index is 5.79. The van der Waals surface area contributed by atoms with Crippen molar-refractivity contribution in [3.63, 3.8) is 0 Å². The number of methoxy groups -OCH3 is 2. The van der Waals surface area contributed by atoms with Crippen molar-refractivity contribution >= 4 is 5.69 Å². The Labute approximate surface area is 199 Å². The molecule has 7 nitrogen and oxygen atoms in total. The molecule has 0 amide bonds. The molecule has 0 fully saturated rings. The van der Waals surface area contributed by atoms with Crippen LogP contribution in [0.4, 0.5) is 5.69 Å². The van der Waals surface area contributed by atoms with Crippen LogP contribution in [-0.2, 0) is 19.5 Å². The van der Waals surface area contributed by atoms with E-state index < -0.39 is 0 Å². The van der Waals surface area contributed by atoms with Crippen LogP contribution < -0.4 is 15.2 Å². The molecule has 0 saturated heterocycles. The summed E-state index contributed by atoms with van der Waals surface area (Å²) < 4.78 is 10.7. The number of hydrogen-bond acceptors (Lipinski definition) is 7. The van der Waals surface area contributed by atoms with Gasteiger partial charge in [-0.05, 0) is 54.1 Å². The number of benzene rings is 2. The van der Waals surface area contributed by atoms with Crippen molar-refractivity contribution in [2.45, 2.75) is 19.5 Å². The van der Waals surface area contributed by atoms with Gasteiger partial charge in [-0.25, -0.2) is 9.97 Å². The Morgan fingerprint density at radius 3 is 2.41 bits per heavy atom. The van der Waals surface area contributed by atoms with Gasteiger partial charge < -0.3 is 15.2 Å². The summed E-state index contributed by atoms with van der Waals surface area (Å²) in [6, 6.07) is 17.7.